The van der Waals surface area contributed by atoms with Gasteiger partial charge < -0.3 is 20.3 Å². The number of aliphatic hydroxyl groups excluding tert-OH is 2. The number of ether oxygens (including phenoxy) is 1. The number of amides is 1. The van der Waals surface area contributed by atoms with Gasteiger partial charge in [0.15, 0.2) is 0 Å². The summed E-state index contributed by atoms with van der Waals surface area (Å²) in [7, 11) is 0. The summed E-state index contributed by atoms with van der Waals surface area (Å²) in [5.74, 6) is -0.559. The van der Waals surface area contributed by atoms with Gasteiger partial charge in [-0.15, -0.1) is 0 Å². The Morgan fingerprint density at radius 2 is 0.818 bits per heavy atom. The second-order valence-electron chi connectivity index (χ2n) is 19.0. The van der Waals surface area contributed by atoms with Crippen LogP contribution in [0.15, 0.2) is 72.9 Å². The lowest BCUT2D eigenvalue weighted by Gasteiger charge is -2.24. The van der Waals surface area contributed by atoms with Crippen molar-refractivity contribution in [3.8, 4) is 0 Å². The van der Waals surface area contributed by atoms with Crippen molar-refractivity contribution < 1.29 is 24.5 Å². The van der Waals surface area contributed by atoms with Gasteiger partial charge in [0.25, 0.3) is 0 Å². The molecule has 0 radical (unpaired) electrons. The van der Waals surface area contributed by atoms with Crippen LogP contribution in [0.2, 0.25) is 0 Å². The minimum Gasteiger partial charge on any atom is -0.462 e. The third-order valence-corrected chi connectivity index (χ3v) is 12.5. The van der Waals surface area contributed by atoms with Gasteiger partial charge in [-0.05, 0) is 89.9 Å². The smallest absolute Gasteiger partial charge is 0.306 e. The van der Waals surface area contributed by atoms with E-state index in [4.69, 9.17) is 4.74 Å². The molecule has 0 spiro atoms. The minimum atomic E-state index is -0.806. The molecule has 0 bridgehead atoms. The van der Waals surface area contributed by atoms with E-state index in [1.165, 1.54) is 135 Å². The number of rotatable bonds is 50. The summed E-state index contributed by atoms with van der Waals surface area (Å²) in [5, 5.41) is 23.9. The summed E-state index contributed by atoms with van der Waals surface area (Å²) < 4.78 is 5.91. The summed E-state index contributed by atoms with van der Waals surface area (Å²) in [6, 6.07) is -0.723. The van der Waals surface area contributed by atoms with Crippen LogP contribution >= 0.6 is 0 Å². The predicted octanol–water partition coefficient (Wildman–Crippen LogP) is 17.3. The molecule has 0 rings (SSSR count). The van der Waals surface area contributed by atoms with E-state index in [9.17, 15) is 19.8 Å². The van der Waals surface area contributed by atoms with Gasteiger partial charge in [0, 0.05) is 6.42 Å². The molecule has 0 saturated carbocycles. The molecule has 6 nitrogen and oxygen atoms in total. The molecule has 0 aromatic carbocycles. The Kier molecular flexibility index (Phi) is 51.1. The van der Waals surface area contributed by atoms with Crippen molar-refractivity contribution in [2.45, 2.75) is 289 Å². The molecule has 0 aliphatic heterocycles. The van der Waals surface area contributed by atoms with Gasteiger partial charge in [-0.1, -0.05) is 241 Å². The molecule has 6 heteroatoms. The van der Waals surface area contributed by atoms with Crippen molar-refractivity contribution in [3.05, 3.63) is 72.9 Å². The number of carbonyl (C=O) groups excluding carboxylic acids is 2. The van der Waals surface area contributed by atoms with Gasteiger partial charge in [0.2, 0.25) is 5.91 Å². The quantitative estimate of drug-likeness (QED) is 0.0244. The highest BCUT2D eigenvalue weighted by Crippen LogP contribution is 2.17. The zero-order valence-corrected chi connectivity index (χ0v) is 43.6. The van der Waals surface area contributed by atoms with Crippen molar-refractivity contribution >= 4 is 11.9 Å². The molecular formula is C60H107NO5. The van der Waals surface area contributed by atoms with Gasteiger partial charge >= 0.3 is 5.97 Å². The third kappa shape index (κ3) is 47.8. The van der Waals surface area contributed by atoms with Gasteiger partial charge in [-0.25, -0.2) is 0 Å². The normalized spacial score (nSPS) is 13.7. The van der Waals surface area contributed by atoms with Crippen LogP contribution in [0, 0.1) is 0 Å². The number of nitrogens with one attached hydrogen (secondary N) is 1. The second kappa shape index (κ2) is 53.3. The average Bonchev–Trinajstić information content (AvgIpc) is 3.31. The largest absolute Gasteiger partial charge is 0.462 e. The molecular weight excluding hydrogens is 815 g/mol. The van der Waals surface area contributed by atoms with E-state index in [2.05, 4.69) is 99.0 Å². The van der Waals surface area contributed by atoms with Crippen LogP contribution in [0.5, 0.6) is 0 Å². The number of unbranched alkanes of at least 4 members (excludes halogenated alkanes) is 27. The lowest BCUT2D eigenvalue weighted by molar-refractivity contribution is -0.151. The van der Waals surface area contributed by atoms with Crippen molar-refractivity contribution in [2.75, 3.05) is 6.61 Å². The SMILES string of the molecule is CCCCC/C=C\C/C=C\C/C=C\C/C=C\CCCC(=O)OC(CCCCCC/C=C/C=C/CCCCC)CC(=O)NC(CO)C(O)CCCCCCCCCCCCCCCCCCC. The summed E-state index contributed by atoms with van der Waals surface area (Å²) in [6.07, 6.45) is 68.2. The van der Waals surface area contributed by atoms with Crippen molar-refractivity contribution in [2.24, 2.45) is 0 Å². The topological polar surface area (TPSA) is 95.9 Å². The molecule has 3 unspecified atom stereocenters. The summed E-state index contributed by atoms with van der Waals surface area (Å²) in [4.78, 5) is 26.2. The van der Waals surface area contributed by atoms with Gasteiger partial charge in [0.05, 0.1) is 25.2 Å². The number of carbonyl (C=O) groups is 2. The van der Waals surface area contributed by atoms with Gasteiger partial charge in [-0.3, -0.25) is 9.59 Å². The summed E-state index contributed by atoms with van der Waals surface area (Å²) in [6.45, 7) is 6.42. The number of hydrogen-bond acceptors (Lipinski definition) is 5. The standard InChI is InChI=1S/C60H107NO5/c1-4-7-10-13-16-19-22-25-27-29-31-34-37-40-43-46-49-52-58(63)57(55-62)61-59(64)54-56(51-48-45-42-39-36-33-24-21-18-15-12-9-6-3)66-60(65)53-50-47-44-41-38-35-32-30-28-26-23-20-17-14-11-8-5-2/h17-18,20-21,24,26,28,32-33,35,41,44,56-58,62-63H,4-16,19,22-23,25,27,29-31,34,36-40,42-43,45-55H2,1-3H3,(H,61,64)/b20-17-,21-18+,28-26-,33-24+,35-32-,44-41-. The Bertz CT molecular complexity index is 1220. The van der Waals surface area contributed by atoms with E-state index >= 15 is 0 Å². The molecule has 0 aliphatic carbocycles. The fraction of sp³-hybridized carbons (Fsp3) is 0.767. The van der Waals surface area contributed by atoms with Crippen LogP contribution in [-0.2, 0) is 14.3 Å². The highest BCUT2D eigenvalue weighted by Gasteiger charge is 2.24. The molecule has 0 saturated heterocycles. The first-order chi connectivity index (χ1) is 32.5. The fourth-order valence-electron chi connectivity index (χ4n) is 8.24. The molecule has 3 atom stereocenters. The van der Waals surface area contributed by atoms with E-state index in [0.717, 1.165) is 83.5 Å². The van der Waals surface area contributed by atoms with Crippen LogP contribution < -0.4 is 5.32 Å². The lowest BCUT2D eigenvalue weighted by atomic mass is 10.0. The zero-order chi connectivity index (χ0) is 48.1. The molecule has 0 aliphatic rings. The maximum atomic E-state index is 13.2. The summed E-state index contributed by atoms with van der Waals surface area (Å²) >= 11 is 0. The average molecular weight is 923 g/mol. The van der Waals surface area contributed by atoms with E-state index < -0.39 is 18.2 Å². The minimum absolute atomic E-state index is 0.0403. The molecule has 0 fully saturated rings. The molecule has 0 aromatic rings. The van der Waals surface area contributed by atoms with Gasteiger partial charge in [0.1, 0.15) is 6.10 Å². The molecule has 382 valence electrons. The molecule has 3 N–H and O–H groups in total. The van der Waals surface area contributed by atoms with E-state index in [-0.39, 0.29) is 24.9 Å². The van der Waals surface area contributed by atoms with Crippen LogP contribution in [0.4, 0.5) is 0 Å². The first kappa shape index (κ1) is 63.3. The highest BCUT2D eigenvalue weighted by molar-refractivity contribution is 5.77. The number of hydrogen-bond donors (Lipinski definition) is 3. The summed E-state index contributed by atoms with van der Waals surface area (Å²) in [5.41, 5.74) is 0. The fourth-order valence-corrected chi connectivity index (χ4v) is 8.24. The maximum Gasteiger partial charge on any atom is 0.306 e. The molecule has 0 heterocycles. The van der Waals surface area contributed by atoms with Crippen molar-refractivity contribution in [1.29, 1.82) is 0 Å². The Morgan fingerprint density at radius 3 is 1.29 bits per heavy atom. The first-order valence-electron chi connectivity index (χ1n) is 28.2. The molecule has 66 heavy (non-hydrogen) atoms. The Morgan fingerprint density at radius 1 is 0.455 bits per heavy atom. The Labute approximate surface area is 409 Å². The monoisotopic (exact) mass is 922 g/mol. The molecule has 1 amide bonds. The molecule has 0 aromatic heterocycles. The lowest BCUT2D eigenvalue weighted by Crippen LogP contribution is -2.46. The highest BCUT2D eigenvalue weighted by atomic mass is 16.5. The number of allylic oxidation sites excluding steroid dienone is 12. The van der Waals surface area contributed by atoms with Crippen LogP contribution in [-0.4, -0.2) is 46.9 Å². The van der Waals surface area contributed by atoms with Crippen LogP contribution in [0.1, 0.15) is 271 Å². The Balaban J connectivity index is 4.62. The first-order valence-corrected chi connectivity index (χ1v) is 28.2. The number of aliphatic hydroxyl groups is 2. The zero-order valence-electron chi connectivity index (χ0n) is 43.6. The third-order valence-electron chi connectivity index (χ3n) is 12.5. The van der Waals surface area contributed by atoms with E-state index in [1.807, 2.05) is 0 Å². The van der Waals surface area contributed by atoms with Gasteiger partial charge in [-0.2, -0.15) is 0 Å². The Hall–Kier alpha value is -2.70. The predicted molar refractivity (Wildman–Crippen MR) is 287 cm³/mol. The van der Waals surface area contributed by atoms with E-state index in [1.54, 1.807) is 0 Å². The number of esters is 1. The maximum absolute atomic E-state index is 13.2. The second-order valence-corrected chi connectivity index (χ2v) is 19.0. The van der Waals surface area contributed by atoms with Crippen LogP contribution in [0.3, 0.4) is 0 Å². The van der Waals surface area contributed by atoms with Crippen molar-refractivity contribution in [3.63, 3.8) is 0 Å². The van der Waals surface area contributed by atoms with E-state index in [0.29, 0.717) is 25.7 Å². The van der Waals surface area contributed by atoms with Crippen LogP contribution in [0.25, 0.3) is 0 Å². The van der Waals surface area contributed by atoms with Crippen molar-refractivity contribution in [1.82, 2.24) is 5.32 Å².